The number of nitrogens with one attached hydrogen (secondary N) is 3. The van der Waals surface area contributed by atoms with Crippen LogP contribution in [0.1, 0.15) is 29.5 Å². The van der Waals surface area contributed by atoms with Crippen LogP contribution in [0.5, 0.6) is 0 Å². The molecule has 2 heterocycles. The second-order valence-corrected chi connectivity index (χ2v) is 9.37. The maximum atomic E-state index is 5.74. The van der Waals surface area contributed by atoms with Gasteiger partial charge in [0.25, 0.3) is 0 Å². The summed E-state index contributed by atoms with van der Waals surface area (Å²) in [7, 11) is 0. The Bertz CT molecular complexity index is 1100. The molecule has 1 aromatic heterocycles. The first-order valence-corrected chi connectivity index (χ1v) is 13.9. The maximum absolute atomic E-state index is 5.74. The van der Waals surface area contributed by atoms with Crippen molar-refractivity contribution in [3.63, 3.8) is 0 Å². The number of nitrogens with zero attached hydrogens (tertiary/aromatic N) is 3. The number of hydrogen-bond acceptors (Lipinski definition) is 10. The molecule has 0 aliphatic carbocycles. The molecule has 5 N–H and O–H groups in total. The number of aryl methyl sites for hydroxylation is 2. The van der Waals surface area contributed by atoms with Gasteiger partial charge in [0.1, 0.15) is 0 Å². The Morgan fingerprint density at radius 3 is 2.21 bits per heavy atom. The minimum atomic E-state index is 0.181. The maximum Gasteiger partial charge on any atom is 0.229 e. The standard InChI is InChI=1S/C29H41N7O3/c30-14-17-37-19-20-38-18-15-31-27-34-28(36-29(35-27)33-22-26-11-6-16-39-26)32-21-25-10-5-4-9-24(25)13-12-23-7-2-1-3-8-23/h1-5,7-10,26H,6,11-22,30H2,(H3,31,32,33,34,35,36). The number of ether oxygens (including phenoxy) is 3. The van der Waals surface area contributed by atoms with Crippen LogP contribution in [0.25, 0.3) is 0 Å². The molecule has 3 aromatic rings. The fraction of sp³-hybridized carbons (Fsp3) is 0.483. The van der Waals surface area contributed by atoms with Gasteiger partial charge in [0.2, 0.25) is 17.8 Å². The summed E-state index contributed by atoms with van der Waals surface area (Å²) in [6.45, 7) is 5.26. The van der Waals surface area contributed by atoms with E-state index in [9.17, 15) is 0 Å². The van der Waals surface area contributed by atoms with Crippen LogP contribution < -0.4 is 21.7 Å². The lowest BCUT2D eigenvalue weighted by molar-refractivity contribution is 0.0547. The molecule has 1 saturated heterocycles. The van der Waals surface area contributed by atoms with Gasteiger partial charge in [-0.2, -0.15) is 15.0 Å². The van der Waals surface area contributed by atoms with Crippen molar-refractivity contribution in [2.24, 2.45) is 5.73 Å². The Morgan fingerprint density at radius 2 is 1.46 bits per heavy atom. The van der Waals surface area contributed by atoms with Crippen molar-refractivity contribution >= 4 is 17.8 Å². The predicted molar refractivity (Wildman–Crippen MR) is 154 cm³/mol. The molecule has 2 aromatic carbocycles. The van der Waals surface area contributed by atoms with E-state index in [1.807, 2.05) is 0 Å². The van der Waals surface area contributed by atoms with Crippen molar-refractivity contribution in [1.29, 1.82) is 0 Å². The zero-order valence-electron chi connectivity index (χ0n) is 22.6. The molecule has 0 spiro atoms. The summed E-state index contributed by atoms with van der Waals surface area (Å²) in [4.78, 5) is 13.8. The topological polar surface area (TPSA) is 128 Å². The van der Waals surface area contributed by atoms with Crippen LogP contribution in [0.3, 0.4) is 0 Å². The van der Waals surface area contributed by atoms with E-state index in [0.29, 0.717) is 70.5 Å². The molecule has 1 aliphatic rings. The van der Waals surface area contributed by atoms with Gasteiger partial charge in [0, 0.05) is 32.8 Å². The first-order valence-electron chi connectivity index (χ1n) is 13.9. The van der Waals surface area contributed by atoms with Crippen LogP contribution in [0.2, 0.25) is 0 Å². The van der Waals surface area contributed by atoms with Crippen LogP contribution >= 0.6 is 0 Å². The second kappa shape index (κ2) is 16.6. The third-order valence-corrected chi connectivity index (χ3v) is 6.39. The molecule has 0 saturated carbocycles. The summed E-state index contributed by atoms with van der Waals surface area (Å²) in [5, 5.41) is 9.97. The lowest BCUT2D eigenvalue weighted by Crippen LogP contribution is -2.21. The normalized spacial score (nSPS) is 14.8. The zero-order valence-corrected chi connectivity index (χ0v) is 22.6. The Labute approximate surface area is 231 Å². The fourth-order valence-electron chi connectivity index (χ4n) is 4.34. The van der Waals surface area contributed by atoms with Crippen molar-refractivity contribution in [3.05, 3.63) is 71.3 Å². The van der Waals surface area contributed by atoms with Gasteiger partial charge in [0.15, 0.2) is 0 Å². The average molecular weight is 536 g/mol. The molecule has 1 unspecified atom stereocenters. The Hall–Kier alpha value is -3.31. The highest BCUT2D eigenvalue weighted by Crippen LogP contribution is 2.17. The fourth-order valence-corrected chi connectivity index (χ4v) is 4.34. The molecule has 10 nitrogen and oxygen atoms in total. The SMILES string of the molecule is NCCOCCOCCNc1nc(NCc2ccccc2CCc2ccccc2)nc(NCC2CCCO2)n1. The lowest BCUT2D eigenvalue weighted by atomic mass is 10.00. The first-order chi connectivity index (χ1) is 19.3. The van der Waals surface area contributed by atoms with Crippen molar-refractivity contribution < 1.29 is 14.2 Å². The third-order valence-electron chi connectivity index (χ3n) is 6.39. The quantitative estimate of drug-likeness (QED) is 0.180. The largest absolute Gasteiger partial charge is 0.378 e. The van der Waals surface area contributed by atoms with Crippen molar-refractivity contribution in [1.82, 2.24) is 15.0 Å². The molecule has 4 rings (SSSR count). The van der Waals surface area contributed by atoms with Crippen LogP contribution in [-0.2, 0) is 33.6 Å². The van der Waals surface area contributed by atoms with E-state index in [0.717, 1.165) is 32.3 Å². The lowest BCUT2D eigenvalue weighted by Gasteiger charge is -2.14. The van der Waals surface area contributed by atoms with E-state index < -0.39 is 0 Å². The summed E-state index contributed by atoms with van der Waals surface area (Å²) in [5.41, 5.74) is 9.29. The number of hydrogen-bond donors (Lipinski definition) is 4. The molecule has 1 fully saturated rings. The molecular weight excluding hydrogens is 494 g/mol. The molecule has 0 bridgehead atoms. The molecule has 0 amide bonds. The van der Waals surface area contributed by atoms with Gasteiger partial charge in [-0.3, -0.25) is 0 Å². The van der Waals surface area contributed by atoms with E-state index in [2.05, 4.69) is 85.5 Å². The smallest absolute Gasteiger partial charge is 0.229 e. The predicted octanol–water partition coefficient (Wildman–Crippen LogP) is 3.26. The highest BCUT2D eigenvalue weighted by atomic mass is 16.5. The van der Waals surface area contributed by atoms with E-state index in [1.165, 1.54) is 16.7 Å². The average Bonchev–Trinajstić information content (AvgIpc) is 3.50. The van der Waals surface area contributed by atoms with E-state index in [-0.39, 0.29) is 6.10 Å². The molecule has 210 valence electrons. The second-order valence-electron chi connectivity index (χ2n) is 9.37. The van der Waals surface area contributed by atoms with Crippen molar-refractivity contribution in [2.45, 2.75) is 38.3 Å². The summed E-state index contributed by atoms with van der Waals surface area (Å²) in [5.74, 6) is 1.51. The Balaban J connectivity index is 1.34. The molecule has 1 aliphatic heterocycles. The Kier molecular flexibility index (Phi) is 12.2. The van der Waals surface area contributed by atoms with Crippen LogP contribution in [0.15, 0.2) is 54.6 Å². The molecule has 0 radical (unpaired) electrons. The number of benzene rings is 2. The van der Waals surface area contributed by atoms with Gasteiger partial charge in [-0.1, -0.05) is 54.6 Å². The highest BCUT2D eigenvalue weighted by Gasteiger charge is 2.16. The molecule has 10 heteroatoms. The summed E-state index contributed by atoms with van der Waals surface area (Å²) in [6.07, 6.45) is 4.28. The van der Waals surface area contributed by atoms with Gasteiger partial charge in [-0.25, -0.2) is 0 Å². The van der Waals surface area contributed by atoms with Crippen LogP contribution in [-0.4, -0.2) is 73.7 Å². The monoisotopic (exact) mass is 535 g/mol. The van der Waals surface area contributed by atoms with Crippen LogP contribution in [0, 0.1) is 0 Å². The van der Waals surface area contributed by atoms with E-state index in [1.54, 1.807) is 0 Å². The van der Waals surface area contributed by atoms with Gasteiger partial charge in [-0.15, -0.1) is 0 Å². The van der Waals surface area contributed by atoms with Gasteiger partial charge < -0.3 is 35.9 Å². The first kappa shape index (κ1) is 28.7. The van der Waals surface area contributed by atoms with E-state index in [4.69, 9.17) is 19.9 Å². The van der Waals surface area contributed by atoms with Gasteiger partial charge in [0.05, 0.1) is 32.5 Å². The molecule has 39 heavy (non-hydrogen) atoms. The van der Waals surface area contributed by atoms with Gasteiger partial charge in [-0.05, 0) is 42.4 Å². The summed E-state index contributed by atoms with van der Waals surface area (Å²) < 4.78 is 16.7. The van der Waals surface area contributed by atoms with Gasteiger partial charge >= 0.3 is 0 Å². The number of rotatable bonds is 18. The minimum Gasteiger partial charge on any atom is -0.378 e. The molecular formula is C29H41N7O3. The number of anilines is 3. The zero-order chi connectivity index (χ0) is 27.0. The minimum absolute atomic E-state index is 0.181. The third kappa shape index (κ3) is 10.4. The van der Waals surface area contributed by atoms with Crippen molar-refractivity contribution in [2.75, 3.05) is 68.6 Å². The molecule has 1 atom stereocenters. The summed E-state index contributed by atoms with van der Waals surface area (Å²) in [6, 6.07) is 19.1. The van der Waals surface area contributed by atoms with Crippen LogP contribution in [0.4, 0.5) is 17.8 Å². The van der Waals surface area contributed by atoms with E-state index >= 15 is 0 Å². The summed E-state index contributed by atoms with van der Waals surface area (Å²) >= 11 is 0. The highest BCUT2D eigenvalue weighted by molar-refractivity contribution is 5.43. The number of aromatic nitrogens is 3. The number of nitrogens with two attached hydrogens (primary N) is 1. The Morgan fingerprint density at radius 1 is 0.769 bits per heavy atom. The van der Waals surface area contributed by atoms with Crippen molar-refractivity contribution in [3.8, 4) is 0 Å².